The third kappa shape index (κ3) is 8.11. The molecule has 0 unspecified atom stereocenters. The summed E-state index contributed by atoms with van der Waals surface area (Å²) >= 11 is 0. The maximum Gasteiger partial charge on any atom is 0.220 e. The van der Waals surface area contributed by atoms with Crippen LogP contribution in [0.2, 0.25) is 0 Å². The molecule has 0 aliphatic carbocycles. The van der Waals surface area contributed by atoms with Crippen LogP contribution in [0.25, 0.3) is 22.2 Å². The molecule has 0 radical (unpaired) electrons. The van der Waals surface area contributed by atoms with Gasteiger partial charge in [-0.05, 0) is 79.5 Å². The lowest BCUT2D eigenvalue weighted by molar-refractivity contribution is -0.126. The van der Waals surface area contributed by atoms with Crippen LogP contribution in [0, 0.1) is 6.92 Å². The molecular weight excluding hydrogens is 640 g/mol. The average Bonchev–Trinajstić information content (AvgIpc) is 3.90. The summed E-state index contributed by atoms with van der Waals surface area (Å²) in [5.41, 5.74) is 9.70. The molecule has 3 fully saturated rings. The van der Waals surface area contributed by atoms with E-state index in [-0.39, 0.29) is 30.7 Å². The van der Waals surface area contributed by atoms with Crippen LogP contribution >= 0.6 is 0 Å². The topological polar surface area (TPSA) is 125 Å². The van der Waals surface area contributed by atoms with E-state index in [4.69, 9.17) is 9.72 Å². The van der Waals surface area contributed by atoms with Crippen molar-refractivity contribution in [2.45, 2.75) is 104 Å². The lowest BCUT2D eigenvalue weighted by Gasteiger charge is -2.27. The number of amides is 2. The Morgan fingerprint density at radius 2 is 1.80 bits per heavy atom. The van der Waals surface area contributed by atoms with Gasteiger partial charge in [-0.15, -0.1) is 0 Å². The summed E-state index contributed by atoms with van der Waals surface area (Å²) in [5, 5.41) is 19.0. The first-order valence-electron chi connectivity index (χ1n) is 18.8. The van der Waals surface area contributed by atoms with Crippen molar-refractivity contribution in [3.8, 4) is 11.1 Å². The number of carbonyl (C=O) groups excluding carboxylic acids is 2. The molecule has 2 aromatic carbocycles. The number of ether oxygens (including phenoxy) is 1. The zero-order valence-electron chi connectivity index (χ0n) is 30.3. The van der Waals surface area contributed by atoms with Gasteiger partial charge in [-0.1, -0.05) is 37.3 Å². The van der Waals surface area contributed by atoms with E-state index in [0.717, 1.165) is 92.2 Å². The average molecular weight is 693 g/mol. The number of carbonyl (C=O) groups is 2. The van der Waals surface area contributed by atoms with E-state index in [9.17, 15) is 9.59 Å². The summed E-state index contributed by atoms with van der Waals surface area (Å²) in [6, 6.07) is 16.8. The SMILES string of the molecule is CCc1nc2c(cnn2CC)c(NC2CCOCC2)c1CNC(=O)CCC(=O)NCc1ccc(C)c(-c2cccc(CN3C[C@H]4C[C@@H]3CN4)c2)c1. The lowest BCUT2D eigenvalue weighted by atomic mass is 9.96. The van der Waals surface area contributed by atoms with Crippen molar-refractivity contribution in [3.05, 3.63) is 76.6 Å². The molecule has 11 heteroatoms. The van der Waals surface area contributed by atoms with Gasteiger partial charge >= 0.3 is 0 Å². The van der Waals surface area contributed by atoms with Gasteiger partial charge in [0.25, 0.3) is 0 Å². The molecule has 5 heterocycles. The van der Waals surface area contributed by atoms with Gasteiger partial charge in [-0.2, -0.15) is 5.10 Å². The fraction of sp³-hybridized carbons (Fsp3) is 0.500. The smallest absolute Gasteiger partial charge is 0.220 e. The van der Waals surface area contributed by atoms with Crippen molar-refractivity contribution in [1.82, 2.24) is 35.6 Å². The number of hydrogen-bond acceptors (Lipinski definition) is 8. The monoisotopic (exact) mass is 692 g/mol. The van der Waals surface area contributed by atoms with Gasteiger partial charge in [-0.3, -0.25) is 14.5 Å². The Hall–Kier alpha value is -4.32. The van der Waals surface area contributed by atoms with Crippen LogP contribution in [0.1, 0.15) is 73.9 Å². The highest BCUT2D eigenvalue weighted by Crippen LogP contribution is 2.32. The Balaban J connectivity index is 0.939. The number of likely N-dealkylation sites (tertiary alicyclic amines) is 1. The second-order valence-electron chi connectivity index (χ2n) is 14.3. The maximum absolute atomic E-state index is 13.1. The summed E-state index contributed by atoms with van der Waals surface area (Å²) in [4.78, 5) is 33.5. The van der Waals surface area contributed by atoms with Gasteiger partial charge in [0.05, 0.1) is 17.3 Å². The number of aryl methyl sites for hydroxylation is 3. The third-order valence-corrected chi connectivity index (χ3v) is 10.8. The van der Waals surface area contributed by atoms with Gasteiger partial charge in [0.1, 0.15) is 0 Å². The van der Waals surface area contributed by atoms with E-state index >= 15 is 0 Å². The molecule has 3 saturated heterocycles. The van der Waals surface area contributed by atoms with E-state index < -0.39 is 0 Å². The number of rotatable bonds is 14. The van der Waals surface area contributed by atoms with Crippen molar-refractivity contribution >= 4 is 28.5 Å². The van der Waals surface area contributed by atoms with Crippen molar-refractivity contribution in [2.75, 3.05) is 31.6 Å². The summed E-state index contributed by atoms with van der Waals surface area (Å²) in [6.45, 7) is 12.4. The molecule has 2 bridgehead atoms. The minimum atomic E-state index is -0.163. The van der Waals surface area contributed by atoms with Crippen LogP contribution in [0.5, 0.6) is 0 Å². The Morgan fingerprint density at radius 3 is 2.53 bits per heavy atom. The zero-order chi connectivity index (χ0) is 35.3. The first-order valence-corrected chi connectivity index (χ1v) is 18.8. The van der Waals surface area contributed by atoms with Crippen molar-refractivity contribution in [3.63, 3.8) is 0 Å². The van der Waals surface area contributed by atoms with E-state index in [1.807, 2.05) is 10.9 Å². The Morgan fingerprint density at radius 1 is 1.00 bits per heavy atom. The molecule has 4 N–H and O–H groups in total. The highest BCUT2D eigenvalue weighted by atomic mass is 16.5. The summed E-state index contributed by atoms with van der Waals surface area (Å²) in [6.07, 6.45) is 5.92. The number of anilines is 1. The molecule has 2 amide bonds. The van der Waals surface area contributed by atoms with Gasteiger partial charge in [0.2, 0.25) is 11.8 Å². The van der Waals surface area contributed by atoms with Crippen LogP contribution in [0.3, 0.4) is 0 Å². The van der Waals surface area contributed by atoms with Crippen molar-refractivity contribution < 1.29 is 14.3 Å². The Bertz CT molecular complexity index is 1870. The molecule has 0 saturated carbocycles. The van der Waals surface area contributed by atoms with E-state index in [2.05, 4.69) is 94.5 Å². The minimum absolute atomic E-state index is 0.111. The molecule has 3 aliphatic rings. The molecular formula is C40H52N8O3. The first kappa shape index (κ1) is 35.1. The number of nitrogens with zero attached hydrogens (tertiary/aromatic N) is 4. The molecule has 2 atom stereocenters. The lowest BCUT2D eigenvalue weighted by Crippen LogP contribution is -2.42. The van der Waals surface area contributed by atoms with Crippen LogP contribution < -0.4 is 21.3 Å². The number of fused-ring (bicyclic) bond motifs is 3. The largest absolute Gasteiger partial charge is 0.381 e. The fourth-order valence-electron chi connectivity index (χ4n) is 7.89. The summed E-state index contributed by atoms with van der Waals surface area (Å²) in [5.74, 6) is -0.307. The van der Waals surface area contributed by atoms with Gasteiger partial charge in [-0.25, -0.2) is 9.67 Å². The van der Waals surface area contributed by atoms with E-state index in [1.165, 1.54) is 28.7 Å². The zero-order valence-corrected chi connectivity index (χ0v) is 30.3. The van der Waals surface area contributed by atoms with Gasteiger partial charge in [0, 0.05) is 94.7 Å². The summed E-state index contributed by atoms with van der Waals surface area (Å²) in [7, 11) is 0. The highest BCUT2D eigenvalue weighted by molar-refractivity contribution is 5.92. The minimum Gasteiger partial charge on any atom is -0.381 e. The first-order chi connectivity index (χ1) is 24.9. The molecule has 3 aliphatic heterocycles. The van der Waals surface area contributed by atoms with Gasteiger partial charge in [0.15, 0.2) is 5.65 Å². The van der Waals surface area contributed by atoms with Crippen LogP contribution in [-0.4, -0.2) is 75.9 Å². The van der Waals surface area contributed by atoms with Crippen molar-refractivity contribution in [2.24, 2.45) is 0 Å². The Labute approximate surface area is 300 Å². The van der Waals surface area contributed by atoms with Crippen LogP contribution in [-0.2, 0) is 46.9 Å². The second kappa shape index (κ2) is 15.9. The van der Waals surface area contributed by atoms with Crippen molar-refractivity contribution in [1.29, 1.82) is 0 Å². The maximum atomic E-state index is 13.1. The van der Waals surface area contributed by atoms with Gasteiger partial charge < -0.3 is 26.0 Å². The standard InChI is InChI=1S/C40H52N8O3/c1-4-36-34(39(45-30-13-15-51-16-14-30)35-23-44-48(5-2)40(35)46-36)22-43-38(50)12-11-37(49)42-20-27-10-9-26(3)33(18-27)29-8-6-7-28(17-29)24-47-25-31-19-32(47)21-41-31/h6-10,17-18,23,30-32,41H,4-5,11-16,19-22,24-25H2,1-3H3,(H,42,49)(H,43,50)(H,45,46)/t31-,32-/m1/s1. The number of aromatic nitrogens is 3. The molecule has 51 heavy (non-hydrogen) atoms. The molecule has 7 rings (SSSR count). The highest BCUT2D eigenvalue weighted by Gasteiger charge is 2.37. The van der Waals surface area contributed by atoms with Crippen LogP contribution in [0.4, 0.5) is 5.69 Å². The molecule has 11 nitrogen and oxygen atoms in total. The normalized spacial score (nSPS) is 19.1. The predicted octanol–water partition coefficient (Wildman–Crippen LogP) is 4.84. The van der Waals surface area contributed by atoms with E-state index in [0.29, 0.717) is 25.2 Å². The molecule has 4 aromatic rings. The van der Waals surface area contributed by atoms with E-state index in [1.54, 1.807) is 0 Å². The number of pyridine rings is 1. The second-order valence-corrected chi connectivity index (χ2v) is 14.3. The number of nitrogens with one attached hydrogen (secondary N) is 4. The third-order valence-electron chi connectivity index (χ3n) is 10.8. The Kier molecular flexibility index (Phi) is 11.0. The van der Waals surface area contributed by atoms with Crippen LogP contribution in [0.15, 0.2) is 48.7 Å². The fourth-order valence-corrected chi connectivity index (χ4v) is 7.89. The predicted molar refractivity (Wildman–Crippen MR) is 200 cm³/mol. The number of piperazine rings is 1. The summed E-state index contributed by atoms with van der Waals surface area (Å²) < 4.78 is 7.50. The number of benzene rings is 2. The molecule has 2 aromatic heterocycles. The quantitative estimate of drug-likeness (QED) is 0.148. The number of hydrogen-bond donors (Lipinski definition) is 4. The molecule has 270 valence electrons. The molecule has 0 spiro atoms.